The number of hydrogen-bond donors (Lipinski definition) is 2. The second kappa shape index (κ2) is 9.48. The quantitative estimate of drug-likeness (QED) is 0.318. The highest BCUT2D eigenvalue weighted by molar-refractivity contribution is 6.10. The number of rotatable bonds is 7. The van der Waals surface area contributed by atoms with Crippen LogP contribution in [0, 0.1) is 0 Å². The molecule has 0 fully saturated rings. The Bertz CT molecular complexity index is 1370. The predicted molar refractivity (Wildman–Crippen MR) is 128 cm³/mol. The number of aryl methyl sites for hydroxylation is 1. The summed E-state index contributed by atoms with van der Waals surface area (Å²) in [6, 6.07) is 18.6. The van der Waals surface area contributed by atoms with Crippen molar-refractivity contribution in [3.05, 3.63) is 72.3 Å². The van der Waals surface area contributed by atoms with Crippen molar-refractivity contribution in [2.45, 2.75) is 13.5 Å². The van der Waals surface area contributed by atoms with Crippen LogP contribution in [0.4, 0.5) is 5.69 Å². The number of phenols is 1. The van der Waals surface area contributed by atoms with Crippen LogP contribution in [0.2, 0.25) is 0 Å². The van der Waals surface area contributed by atoms with Gasteiger partial charge in [0, 0.05) is 40.1 Å². The monoisotopic (exact) mass is 444 g/mol. The molecule has 33 heavy (non-hydrogen) atoms. The van der Waals surface area contributed by atoms with Gasteiger partial charge >= 0.3 is 5.97 Å². The number of carbonyl (C=O) groups is 2. The van der Waals surface area contributed by atoms with Crippen LogP contribution in [0.3, 0.4) is 0 Å². The summed E-state index contributed by atoms with van der Waals surface area (Å²) in [5, 5.41) is 14.6. The lowest BCUT2D eigenvalue weighted by Crippen LogP contribution is -2.20. The zero-order chi connectivity index (χ0) is 23.4. The van der Waals surface area contributed by atoms with Crippen molar-refractivity contribution in [1.82, 2.24) is 4.57 Å². The molecule has 0 unspecified atom stereocenters. The Morgan fingerprint density at radius 2 is 1.82 bits per heavy atom. The van der Waals surface area contributed by atoms with Crippen molar-refractivity contribution in [2.24, 2.45) is 0 Å². The van der Waals surface area contributed by atoms with E-state index in [0.717, 1.165) is 28.4 Å². The lowest BCUT2D eigenvalue weighted by molar-refractivity contribution is -0.142. The predicted octanol–water partition coefficient (Wildman–Crippen LogP) is 4.72. The molecule has 168 valence electrons. The number of fused-ring (bicyclic) bond motifs is 3. The number of aromatic nitrogens is 1. The molecule has 0 radical (unpaired) electrons. The highest BCUT2D eigenvalue weighted by Gasteiger charge is 2.11. The highest BCUT2D eigenvalue weighted by atomic mass is 16.5. The SMILES string of the molecule is CCn1c2ccccc2c2cc(NC(=O)COC(=O)C=Cc3ccc(O)c(OC)c3)ccc21. The molecule has 0 aliphatic carbocycles. The number of aromatic hydroxyl groups is 1. The molecule has 2 N–H and O–H groups in total. The van der Waals surface area contributed by atoms with E-state index in [1.807, 2.05) is 30.3 Å². The first kappa shape index (κ1) is 22.0. The van der Waals surface area contributed by atoms with Gasteiger partial charge in [-0.15, -0.1) is 0 Å². The van der Waals surface area contributed by atoms with E-state index in [-0.39, 0.29) is 5.75 Å². The molecule has 0 atom stereocenters. The third kappa shape index (κ3) is 4.67. The lowest BCUT2D eigenvalue weighted by atomic mass is 10.1. The number of amides is 1. The van der Waals surface area contributed by atoms with Gasteiger partial charge in [-0.1, -0.05) is 24.3 Å². The average molecular weight is 444 g/mol. The van der Waals surface area contributed by atoms with Crippen molar-refractivity contribution in [3.8, 4) is 11.5 Å². The molecular weight excluding hydrogens is 420 g/mol. The maximum atomic E-state index is 12.3. The van der Waals surface area contributed by atoms with Crippen LogP contribution in [0.25, 0.3) is 27.9 Å². The number of esters is 1. The highest BCUT2D eigenvalue weighted by Crippen LogP contribution is 2.31. The Kier molecular flexibility index (Phi) is 6.31. The number of phenolic OH excluding ortho intramolecular Hbond substituents is 1. The maximum absolute atomic E-state index is 12.3. The number of para-hydroxylation sites is 1. The third-order valence-electron chi connectivity index (χ3n) is 5.33. The van der Waals surface area contributed by atoms with Gasteiger partial charge in [-0.2, -0.15) is 0 Å². The van der Waals surface area contributed by atoms with Crippen LogP contribution in [0.15, 0.2) is 66.7 Å². The second-order valence-corrected chi connectivity index (χ2v) is 7.41. The van der Waals surface area contributed by atoms with E-state index in [1.54, 1.807) is 12.1 Å². The number of benzene rings is 3. The van der Waals surface area contributed by atoms with Gasteiger partial charge in [0.2, 0.25) is 0 Å². The third-order valence-corrected chi connectivity index (χ3v) is 5.33. The van der Waals surface area contributed by atoms with E-state index in [2.05, 4.69) is 28.9 Å². The van der Waals surface area contributed by atoms with Crippen LogP contribution < -0.4 is 10.1 Å². The number of carbonyl (C=O) groups excluding carboxylic acids is 2. The number of nitrogens with one attached hydrogen (secondary N) is 1. The fourth-order valence-corrected chi connectivity index (χ4v) is 3.82. The van der Waals surface area contributed by atoms with E-state index in [1.165, 1.54) is 25.3 Å². The summed E-state index contributed by atoms with van der Waals surface area (Å²) in [4.78, 5) is 24.3. The molecule has 4 aromatic rings. The summed E-state index contributed by atoms with van der Waals surface area (Å²) >= 11 is 0. The van der Waals surface area contributed by atoms with Crippen molar-refractivity contribution < 1.29 is 24.2 Å². The zero-order valence-electron chi connectivity index (χ0n) is 18.4. The topological polar surface area (TPSA) is 89.8 Å². The van der Waals surface area contributed by atoms with Crippen LogP contribution in [-0.2, 0) is 20.9 Å². The molecule has 3 aromatic carbocycles. The van der Waals surface area contributed by atoms with E-state index >= 15 is 0 Å². The molecule has 0 aliphatic rings. The van der Waals surface area contributed by atoms with Gasteiger partial charge in [-0.25, -0.2) is 4.79 Å². The molecule has 1 heterocycles. The van der Waals surface area contributed by atoms with Gasteiger partial charge in [-0.05, 0) is 55.0 Å². The fraction of sp³-hybridized carbons (Fsp3) is 0.154. The van der Waals surface area contributed by atoms with Gasteiger partial charge in [0.1, 0.15) is 0 Å². The van der Waals surface area contributed by atoms with Crippen molar-refractivity contribution in [2.75, 3.05) is 19.0 Å². The minimum Gasteiger partial charge on any atom is -0.504 e. The first-order valence-corrected chi connectivity index (χ1v) is 10.5. The van der Waals surface area contributed by atoms with E-state index in [4.69, 9.17) is 9.47 Å². The van der Waals surface area contributed by atoms with Crippen LogP contribution in [-0.4, -0.2) is 35.3 Å². The summed E-state index contributed by atoms with van der Waals surface area (Å²) in [6.45, 7) is 2.54. The van der Waals surface area contributed by atoms with E-state index in [0.29, 0.717) is 17.0 Å². The van der Waals surface area contributed by atoms with Gasteiger partial charge < -0.3 is 24.5 Å². The van der Waals surface area contributed by atoms with Crippen molar-refractivity contribution >= 4 is 45.4 Å². The van der Waals surface area contributed by atoms with Crippen LogP contribution >= 0.6 is 0 Å². The van der Waals surface area contributed by atoms with Gasteiger partial charge in [0.05, 0.1) is 7.11 Å². The molecule has 7 nitrogen and oxygen atoms in total. The summed E-state index contributed by atoms with van der Waals surface area (Å²) in [7, 11) is 1.44. The van der Waals surface area contributed by atoms with E-state index in [9.17, 15) is 14.7 Å². The fourth-order valence-electron chi connectivity index (χ4n) is 3.82. The minimum absolute atomic E-state index is 0.00587. The normalized spacial score (nSPS) is 11.2. The Morgan fingerprint density at radius 1 is 1.03 bits per heavy atom. The molecule has 0 aliphatic heterocycles. The molecule has 7 heteroatoms. The molecule has 1 aromatic heterocycles. The number of ether oxygens (including phenoxy) is 2. The number of anilines is 1. The second-order valence-electron chi connectivity index (χ2n) is 7.41. The Morgan fingerprint density at radius 3 is 2.61 bits per heavy atom. The zero-order valence-corrected chi connectivity index (χ0v) is 18.4. The van der Waals surface area contributed by atoms with Crippen LogP contribution in [0.5, 0.6) is 11.5 Å². The van der Waals surface area contributed by atoms with Crippen molar-refractivity contribution in [1.29, 1.82) is 0 Å². The Balaban J connectivity index is 1.39. The molecule has 0 saturated carbocycles. The van der Waals surface area contributed by atoms with Gasteiger partial charge in [0.15, 0.2) is 18.1 Å². The Hall–Kier alpha value is -4.26. The van der Waals surface area contributed by atoms with E-state index < -0.39 is 18.5 Å². The maximum Gasteiger partial charge on any atom is 0.331 e. The first-order valence-electron chi connectivity index (χ1n) is 10.5. The van der Waals surface area contributed by atoms with Gasteiger partial charge in [0.25, 0.3) is 5.91 Å². The smallest absolute Gasteiger partial charge is 0.331 e. The van der Waals surface area contributed by atoms with Crippen molar-refractivity contribution in [3.63, 3.8) is 0 Å². The molecule has 0 saturated heterocycles. The first-order chi connectivity index (χ1) is 16.0. The van der Waals surface area contributed by atoms with Crippen LogP contribution in [0.1, 0.15) is 12.5 Å². The number of hydrogen-bond acceptors (Lipinski definition) is 5. The molecule has 4 rings (SSSR count). The Labute approximate surface area is 190 Å². The summed E-state index contributed by atoms with van der Waals surface area (Å²) < 4.78 is 12.3. The van der Waals surface area contributed by atoms with Gasteiger partial charge in [-0.3, -0.25) is 4.79 Å². The minimum atomic E-state index is -0.654. The lowest BCUT2D eigenvalue weighted by Gasteiger charge is -2.07. The largest absolute Gasteiger partial charge is 0.504 e. The molecule has 1 amide bonds. The molecule has 0 spiro atoms. The summed E-state index contributed by atoms with van der Waals surface area (Å²) in [5.41, 5.74) is 3.52. The number of nitrogens with zero attached hydrogens (tertiary/aromatic N) is 1. The summed E-state index contributed by atoms with van der Waals surface area (Å²) in [5.74, 6) is -0.782. The standard InChI is InChI=1S/C26H24N2O5/c1-3-28-21-7-5-4-6-19(21)20-15-18(10-11-22(20)28)27-25(30)16-33-26(31)13-9-17-8-12-23(29)24(14-17)32-2/h4-15,29H,3,16H2,1-2H3,(H,27,30). The number of methoxy groups -OCH3 is 1. The summed E-state index contributed by atoms with van der Waals surface area (Å²) in [6.07, 6.45) is 2.73. The molecule has 0 bridgehead atoms. The molecular formula is C26H24N2O5. The average Bonchev–Trinajstić information content (AvgIpc) is 3.15.